The van der Waals surface area contributed by atoms with E-state index in [-0.39, 0.29) is 5.78 Å². The van der Waals surface area contributed by atoms with Crippen molar-refractivity contribution in [3.8, 4) is 5.69 Å². The average molecular weight is 326 g/mol. The van der Waals surface area contributed by atoms with Gasteiger partial charge in [-0.3, -0.25) is 4.79 Å². The fourth-order valence-corrected chi connectivity index (χ4v) is 3.18. The van der Waals surface area contributed by atoms with Crippen molar-refractivity contribution in [2.24, 2.45) is 0 Å². The van der Waals surface area contributed by atoms with Crippen LogP contribution in [0.2, 0.25) is 0 Å². The van der Waals surface area contributed by atoms with E-state index in [4.69, 9.17) is 4.52 Å². The molecule has 1 aromatic carbocycles. The first-order valence-electron chi connectivity index (χ1n) is 7.30. The molecule has 0 bridgehead atoms. The summed E-state index contributed by atoms with van der Waals surface area (Å²) in [6.45, 7) is 0. The van der Waals surface area contributed by atoms with Crippen LogP contribution in [0.25, 0.3) is 5.69 Å². The van der Waals surface area contributed by atoms with Crippen LogP contribution in [-0.4, -0.2) is 32.0 Å². The molecule has 6 nitrogen and oxygen atoms in total. The van der Waals surface area contributed by atoms with E-state index in [1.54, 1.807) is 11.0 Å². The fourth-order valence-electron chi connectivity index (χ4n) is 2.56. The van der Waals surface area contributed by atoms with E-state index in [0.29, 0.717) is 17.0 Å². The highest BCUT2D eigenvalue weighted by Gasteiger charge is 2.33. The Morgan fingerprint density at radius 3 is 2.91 bits per heavy atom. The summed E-state index contributed by atoms with van der Waals surface area (Å²) in [5, 5.41) is 7.94. The molecule has 0 amide bonds. The van der Waals surface area contributed by atoms with E-state index in [1.807, 2.05) is 24.5 Å². The van der Waals surface area contributed by atoms with E-state index in [9.17, 15) is 4.79 Å². The van der Waals surface area contributed by atoms with Gasteiger partial charge in [0.05, 0.1) is 17.4 Å². The number of hydrogen-bond donors (Lipinski definition) is 0. The lowest BCUT2D eigenvalue weighted by molar-refractivity contribution is 0.103. The maximum atomic E-state index is 12.9. The SMILES string of the molecule is CSc1cc(-n2cncn2)ccc1C(=O)c1cnoc1C1CC1. The van der Waals surface area contributed by atoms with Crippen LogP contribution < -0.4 is 0 Å². The number of aromatic nitrogens is 4. The summed E-state index contributed by atoms with van der Waals surface area (Å²) in [4.78, 5) is 17.7. The van der Waals surface area contributed by atoms with Crippen molar-refractivity contribution in [2.45, 2.75) is 23.7 Å². The molecule has 0 N–H and O–H groups in total. The summed E-state index contributed by atoms with van der Waals surface area (Å²) >= 11 is 1.53. The number of benzene rings is 1. The Kier molecular flexibility index (Phi) is 3.49. The summed E-state index contributed by atoms with van der Waals surface area (Å²) in [7, 11) is 0. The normalized spacial score (nSPS) is 14.1. The van der Waals surface area contributed by atoms with Gasteiger partial charge >= 0.3 is 0 Å². The molecule has 4 rings (SSSR count). The van der Waals surface area contributed by atoms with Crippen LogP contribution in [0.4, 0.5) is 0 Å². The van der Waals surface area contributed by atoms with Crippen molar-refractivity contribution in [1.29, 1.82) is 0 Å². The Morgan fingerprint density at radius 1 is 1.35 bits per heavy atom. The van der Waals surface area contributed by atoms with Gasteiger partial charge in [0, 0.05) is 16.4 Å². The second-order valence-corrected chi connectivity index (χ2v) is 6.28. The van der Waals surface area contributed by atoms with Crippen LogP contribution >= 0.6 is 11.8 Å². The standard InChI is InChI=1S/C16H14N4O2S/c1-23-14-6-11(20-9-17-8-18-20)4-5-12(14)15(21)13-7-19-22-16(13)10-2-3-10/h4-10H,2-3H2,1H3. The molecular weight excluding hydrogens is 312 g/mol. The van der Waals surface area contributed by atoms with Crippen LogP contribution in [0.15, 0.2) is 46.5 Å². The van der Waals surface area contributed by atoms with Crippen molar-refractivity contribution < 1.29 is 9.32 Å². The van der Waals surface area contributed by atoms with Gasteiger partial charge in [0.25, 0.3) is 0 Å². The van der Waals surface area contributed by atoms with E-state index in [1.165, 1.54) is 24.3 Å². The number of hydrogen-bond acceptors (Lipinski definition) is 6. The Labute approximate surface area is 136 Å². The molecule has 1 saturated carbocycles. The fraction of sp³-hybridized carbons (Fsp3) is 0.250. The third kappa shape index (κ3) is 2.57. The molecule has 0 radical (unpaired) electrons. The monoisotopic (exact) mass is 326 g/mol. The molecule has 0 unspecified atom stereocenters. The second kappa shape index (κ2) is 5.66. The van der Waals surface area contributed by atoms with Gasteiger partial charge in [-0.15, -0.1) is 11.8 Å². The van der Waals surface area contributed by atoms with E-state index >= 15 is 0 Å². The van der Waals surface area contributed by atoms with Gasteiger partial charge in [0.2, 0.25) is 0 Å². The van der Waals surface area contributed by atoms with Crippen LogP contribution in [0.3, 0.4) is 0 Å². The molecule has 0 atom stereocenters. The first-order valence-corrected chi connectivity index (χ1v) is 8.52. The minimum atomic E-state index is -0.0392. The average Bonchev–Trinajstić information content (AvgIpc) is 3.09. The summed E-state index contributed by atoms with van der Waals surface area (Å²) in [6.07, 6.45) is 8.73. The zero-order chi connectivity index (χ0) is 15.8. The predicted octanol–water partition coefficient (Wildman–Crippen LogP) is 3.09. The second-order valence-electron chi connectivity index (χ2n) is 5.43. The Hall–Kier alpha value is -2.41. The van der Waals surface area contributed by atoms with Crippen molar-refractivity contribution >= 4 is 17.5 Å². The molecule has 3 aromatic rings. The lowest BCUT2D eigenvalue weighted by Gasteiger charge is -2.09. The molecule has 1 aliphatic carbocycles. The lowest BCUT2D eigenvalue weighted by atomic mass is 10.0. The van der Waals surface area contributed by atoms with Crippen molar-refractivity contribution in [3.05, 3.63) is 53.9 Å². The maximum Gasteiger partial charge on any atom is 0.199 e. The zero-order valence-electron chi connectivity index (χ0n) is 12.5. The molecule has 0 saturated heterocycles. The van der Waals surface area contributed by atoms with Crippen LogP contribution in [0.5, 0.6) is 0 Å². The zero-order valence-corrected chi connectivity index (χ0v) is 13.3. The molecule has 1 aliphatic rings. The predicted molar refractivity (Wildman–Crippen MR) is 85.1 cm³/mol. The molecule has 23 heavy (non-hydrogen) atoms. The van der Waals surface area contributed by atoms with Gasteiger partial charge in [0.15, 0.2) is 11.5 Å². The number of ketones is 1. The minimum absolute atomic E-state index is 0.0392. The first kappa shape index (κ1) is 14.2. The Bertz CT molecular complexity index is 853. The van der Waals surface area contributed by atoms with Gasteiger partial charge in [-0.1, -0.05) is 5.16 Å². The van der Waals surface area contributed by atoms with Crippen molar-refractivity contribution in [2.75, 3.05) is 6.26 Å². The summed E-state index contributed by atoms with van der Waals surface area (Å²) in [5.74, 6) is 1.04. The molecule has 2 aromatic heterocycles. The van der Waals surface area contributed by atoms with Crippen molar-refractivity contribution in [1.82, 2.24) is 19.9 Å². The van der Waals surface area contributed by atoms with Crippen LogP contribution in [0.1, 0.15) is 40.4 Å². The van der Waals surface area contributed by atoms with Gasteiger partial charge in [-0.2, -0.15) is 5.10 Å². The third-order valence-corrected chi connectivity index (χ3v) is 4.68. The molecule has 7 heteroatoms. The summed E-state index contributed by atoms with van der Waals surface area (Å²) in [6, 6.07) is 5.64. The summed E-state index contributed by atoms with van der Waals surface area (Å²) in [5.41, 5.74) is 2.11. The highest BCUT2D eigenvalue weighted by Crippen LogP contribution is 2.42. The molecular formula is C16H14N4O2S. The third-order valence-electron chi connectivity index (χ3n) is 3.90. The lowest BCUT2D eigenvalue weighted by Crippen LogP contribution is -2.06. The minimum Gasteiger partial charge on any atom is -0.360 e. The maximum absolute atomic E-state index is 12.9. The highest BCUT2D eigenvalue weighted by molar-refractivity contribution is 7.98. The Balaban J connectivity index is 1.73. The van der Waals surface area contributed by atoms with Gasteiger partial charge < -0.3 is 4.52 Å². The number of carbonyl (C=O) groups excluding carboxylic acids is 1. The van der Waals surface area contributed by atoms with E-state index in [2.05, 4.69) is 15.2 Å². The van der Waals surface area contributed by atoms with Crippen LogP contribution in [0, 0.1) is 0 Å². The number of rotatable bonds is 5. The van der Waals surface area contributed by atoms with Crippen molar-refractivity contribution in [3.63, 3.8) is 0 Å². The number of carbonyl (C=O) groups is 1. The van der Waals surface area contributed by atoms with Gasteiger partial charge in [-0.05, 0) is 37.3 Å². The molecule has 2 heterocycles. The number of thioether (sulfide) groups is 1. The summed E-state index contributed by atoms with van der Waals surface area (Å²) < 4.78 is 6.96. The molecule has 1 fully saturated rings. The first-order chi connectivity index (χ1) is 11.3. The Morgan fingerprint density at radius 2 is 2.22 bits per heavy atom. The largest absolute Gasteiger partial charge is 0.360 e. The van der Waals surface area contributed by atoms with Crippen LogP contribution in [-0.2, 0) is 0 Å². The molecule has 116 valence electrons. The quantitative estimate of drug-likeness (QED) is 0.530. The topological polar surface area (TPSA) is 73.8 Å². The molecule has 0 aliphatic heterocycles. The van der Waals surface area contributed by atoms with Gasteiger partial charge in [-0.25, -0.2) is 9.67 Å². The van der Waals surface area contributed by atoms with E-state index in [0.717, 1.165) is 29.2 Å². The smallest absolute Gasteiger partial charge is 0.199 e. The molecule has 0 spiro atoms. The highest BCUT2D eigenvalue weighted by atomic mass is 32.2. The van der Waals surface area contributed by atoms with E-state index < -0.39 is 0 Å². The van der Waals surface area contributed by atoms with Gasteiger partial charge in [0.1, 0.15) is 12.7 Å². The number of nitrogens with zero attached hydrogens (tertiary/aromatic N) is 4.